The molecule has 0 saturated carbocycles. The third-order valence-corrected chi connectivity index (χ3v) is 2.19. The smallest absolute Gasteiger partial charge is 0.323 e. The van der Waals surface area contributed by atoms with Crippen LogP contribution in [0.25, 0.3) is 0 Å². The van der Waals surface area contributed by atoms with Gasteiger partial charge in [0, 0.05) is 18.8 Å². The molecule has 1 heterocycles. The Bertz CT molecular complexity index is 402. The van der Waals surface area contributed by atoms with Crippen LogP contribution in [0.15, 0.2) is 18.3 Å². The zero-order chi connectivity index (χ0) is 12.8. The maximum Gasteiger partial charge on any atom is 0.323 e. The molecule has 0 fully saturated rings. The maximum absolute atomic E-state index is 11.9. The van der Waals surface area contributed by atoms with Gasteiger partial charge in [0.15, 0.2) is 0 Å². The topological polar surface area (TPSA) is 79.7 Å². The molecule has 1 aromatic rings. The van der Waals surface area contributed by atoms with E-state index < -0.39 is 5.97 Å². The number of carboxylic acids is 1. The van der Waals surface area contributed by atoms with E-state index in [4.69, 9.17) is 9.84 Å². The van der Waals surface area contributed by atoms with Gasteiger partial charge in [-0.25, -0.2) is 4.98 Å². The molecule has 92 valence electrons. The predicted octanol–water partition coefficient (Wildman–Crippen LogP) is 0.637. The van der Waals surface area contributed by atoms with E-state index in [1.165, 1.54) is 18.2 Å². The summed E-state index contributed by atoms with van der Waals surface area (Å²) in [7, 11) is 1.48. The Kier molecular flexibility index (Phi) is 4.45. The summed E-state index contributed by atoms with van der Waals surface area (Å²) in [6.45, 7) is 1.73. The van der Waals surface area contributed by atoms with Gasteiger partial charge in [0.1, 0.15) is 6.54 Å². The van der Waals surface area contributed by atoms with Crippen molar-refractivity contribution >= 4 is 11.9 Å². The van der Waals surface area contributed by atoms with Gasteiger partial charge in [0.2, 0.25) is 5.88 Å². The van der Waals surface area contributed by atoms with Crippen molar-refractivity contribution < 1.29 is 19.4 Å². The summed E-state index contributed by atoms with van der Waals surface area (Å²) in [4.78, 5) is 27.6. The molecule has 0 aliphatic carbocycles. The molecule has 1 amide bonds. The SMILES string of the molecule is CCN(CC(=O)O)C(=O)c1ccc(OC)nc1. The molecule has 1 aromatic heterocycles. The number of carbonyl (C=O) groups is 2. The molecule has 0 radical (unpaired) electrons. The quantitative estimate of drug-likeness (QED) is 0.814. The first-order valence-corrected chi connectivity index (χ1v) is 5.09. The maximum atomic E-state index is 11.9. The molecule has 0 atom stereocenters. The van der Waals surface area contributed by atoms with Crippen molar-refractivity contribution in [2.45, 2.75) is 6.92 Å². The highest BCUT2D eigenvalue weighted by molar-refractivity contribution is 5.95. The molecular formula is C11H14N2O4. The average Bonchev–Trinajstić information content (AvgIpc) is 2.35. The third kappa shape index (κ3) is 3.44. The predicted molar refractivity (Wildman–Crippen MR) is 60.0 cm³/mol. The molecule has 1 rings (SSSR count). The lowest BCUT2D eigenvalue weighted by molar-refractivity contribution is -0.137. The van der Waals surface area contributed by atoms with Crippen LogP contribution in [0.5, 0.6) is 5.88 Å². The van der Waals surface area contributed by atoms with E-state index in [9.17, 15) is 9.59 Å². The van der Waals surface area contributed by atoms with Crippen LogP contribution >= 0.6 is 0 Å². The lowest BCUT2D eigenvalue weighted by Crippen LogP contribution is -2.35. The van der Waals surface area contributed by atoms with Crippen LogP contribution in [0.4, 0.5) is 0 Å². The number of aromatic nitrogens is 1. The summed E-state index contributed by atoms with van der Waals surface area (Å²) in [6, 6.07) is 3.11. The molecule has 1 N–H and O–H groups in total. The molecule has 17 heavy (non-hydrogen) atoms. The number of likely N-dealkylation sites (N-methyl/N-ethyl adjacent to an activating group) is 1. The van der Waals surface area contributed by atoms with E-state index >= 15 is 0 Å². The first-order chi connectivity index (χ1) is 8.08. The van der Waals surface area contributed by atoms with Crippen molar-refractivity contribution in [2.24, 2.45) is 0 Å². The Morgan fingerprint density at radius 1 is 1.47 bits per heavy atom. The van der Waals surface area contributed by atoms with E-state index in [1.807, 2.05) is 0 Å². The lowest BCUT2D eigenvalue weighted by atomic mass is 10.2. The number of nitrogens with zero attached hydrogens (tertiary/aromatic N) is 2. The number of amides is 1. The van der Waals surface area contributed by atoms with Gasteiger partial charge in [-0.2, -0.15) is 0 Å². The van der Waals surface area contributed by atoms with Crippen LogP contribution in [-0.4, -0.2) is 47.1 Å². The minimum absolute atomic E-state index is 0.318. The van der Waals surface area contributed by atoms with Crippen molar-refractivity contribution in [1.29, 1.82) is 0 Å². The Hall–Kier alpha value is -2.11. The van der Waals surface area contributed by atoms with Crippen LogP contribution in [0, 0.1) is 0 Å². The Balaban J connectivity index is 2.82. The number of aliphatic carboxylic acids is 1. The summed E-state index contributed by atoms with van der Waals surface area (Å²) in [5.41, 5.74) is 0.342. The number of methoxy groups -OCH3 is 1. The van der Waals surface area contributed by atoms with Crippen LogP contribution in [0.3, 0.4) is 0 Å². The van der Waals surface area contributed by atoms with Crippen LogP contribution in [0.1, 0.15) is 17.3 Å². The second-order valence-electron chi connectivity index (χ2n) is 3.30. The molecule has 0 unspecified atom stereocenters. The first-order valence-electron chi connectivity index (χ1n) is 5.09. The van der Waals surface area contributed by atoms with Crippen LogP contribution in [0.2, 0.25) is 0 Å². The average molecular weight is 238 g/mol. The highest BCUT2D eigenvalue weighted by atomic mass is 16.5. The Morgan fingerprint density at radius 3 is 2.59 bits per heavy atom. The fourth-order valence-electron chi connectivity index (χ4n) is 1.30. The van der Waals surface area contributed by atoms with E-state index in [1.54, 1.807) is 19.1 Å². The number of hydrogen-bond acceptors (Lipinski definition) is 4. The van der Waals surface area contributed by atoms with E-state index in [-0.39, 0.29) is 12.5 Å². The minimum atomic E-state index is -1.04. The summed E-state index contributed by atoms with van der Waals surface area (Å²) >= 11 is 0. The normalized spacial score (nSPS) is 9.76. The van der Waals surface area contributed by atoms with E-state index in [0.29, 0.717) is 18.0 Å². The zero-order valence-electron chi connectivity index (χ0n) is 9.71. The van der Waals surface area contributed by atoms with Gasteiger partial charge in [-0.1, -0.05) is 0 Å². The van der Waals surface area contributed by atoms with Gasteiger partial charge in [-0.3, -0.25) is 9.59 Å². The summed E-state index contributed by atoms with van der Waals surface area (Å²) in [5, 5.41) is 8.66. The number of carbonyl (C=O) groups excluding carboxylic acids is 1. The molecule has 0 spiro atoms. The highest BCUT2D eigenvalue weighted by Crippen LogP contribution is 2.09. The van der Waals surface area contributed by atoms with Crippen molar-refractivity contribution in [2.75, 3.05) is 20.2 Å². The molecule has 0 aliphatic heterocycles. The van der Waals surface area contributed by atoms with Crippen molar-refractivity contribution in [3.05, 3.63) is 23.9 Å². The monoisotopic (exact) mass is 238 g/mol. The molecule has 0 aliphatic rings. The van der Waals surface area contributed by atoms with Gasteiger partial charge in [0.25, 0.3) is 5.91 Å². The lowest BCUT2D eigenvalue weighted by Gasteiger charge is -2.18. The summed E-state index contributed by atoms with van der Waals surface area (Å²) < 4.78 is 4.87. The zero-order valence-corrected chi connectivity index (χ0v) is 9.71. The second-order valence-corrected chi connectivity index (χ2v) is 3.30. The number of hydrogen-bond donors (Lipinski definition) is 1. The van der Waals surface area contributed by atoms with Crippen molar-refractivity contribution in [3.8, 4) is 5.88 Å². The van der Waals surface area contributed by atoms with Crippen LogP contribution in [-0.2, 0) is 4.79 Å². The molecule has 6 heteroatoms. The number of rotatable bonds is 5. The van der Waals surface area contributed by atoms with Crippen molar-refractivity contribution in [3.63, 3.8) is 0 Å². The number of pyridine rings is 1. The molecule has 0 bridgehead atoms. The molecule has 0 aromatic carbocycles. The second kappa shape index (κ2) is 5.83. The van der Waals surface area contributed by atoms with Gasteiger partial charge >= 0.3 is 5.97 Å². The summed E-state index contributed by atoms with van der Waals surface area (Å²) in [6.07, 6.45) is 1.37. The largest absolute Gasteiger partial charge is 0.481 e. The van der Waals surface area contributed by atoms with Crippen molar-refractivity contribution in [1.82, 2.24) is 9.88 Å². The number of ether oxygens (including phenoxy) is 1. The molecule has 0 saturated heterocycles. The highest BCUT2D eigenvalue weighted by Gasteiger charge is 2.17. The molecule has 6 nitrogen and oxygen atoms in total. The standard InChI is InChI=1S/C11H14N2O4/c1-3-13(7-10(14)15)11(16)8-4-5-9(17-2)12-6-8/h4-6H,3,7H2,1-2H3,(H,14,15). The third-order valence-electron chi connectivity index (χ3n) is 2.19. The Morgan fingerprint density at radius 2 is 2.18 bits per heavy atom. The fraction of sp³-hybridized carbons (Fsp3) is 0.364. The van der Waals surface area contributed by atoms with E-state index in [0.717, 1.165) is 0 Å². The number of carboxylic acid groups (broad SMARTS) is 1. The minimum Gasteiger partial charge on any atom is -0.481 e. The fourth-order valence-corrected chi connectivity index (χ4v) is 1.30. The molecular weight excluding hydrogens is 224 g/mol. The van der Waals surface area contributed by atoms with Crippen LogP contribution < -0.4 is 4.74 Å². The summed E-state index contributed by atoms with van der Waals surface area (Å²) in [5.74, 6) is -0.991. The first kappa shape index (κ1) is 13.0. The Labute approximate surface area is 98.8 Å². The van der Waals surface area contributed by atoms with Gasteiger partial charge in [-0.05, 0) is 13.0 Å². The van der Waals surface area contributed by atoms with Gasteiger partial charge in [-0.15, -0.1) is 0 Å². The van der Waals surface area contributed by atoms with Gasteiger partial charge < -0.3 is 14.7 Å². The van der Waals surface area contributed by atoms with E-state index in [2.05, 4.69) is 4.98 Å². The van der Waals surface area contributed by atoms with Gasteiger partial charge in [0.05, 0.1) is 12.7 Å².